The van der Waals surface area contributed by atoms with Crippen LogP contribution in [0, 0.1) is 0 Å². The summed E-state index contributed by atoms with van der Waals surface area (Å²) in [6, 6.07) is 7.58. The number of fused-ring (bicyclic) bond motifs is 1. The molecule has 0 radical (unpaired) electrons. The highest BCUT2D eigenvalue weighted by Gasteiger charge is 2.13. The molecule has 1 aliphatic heterocycles. The summed E-state index contributed by atoms with van der Waals surface area (Å²) in [5, 5.41) is 12.6. The van der Waals surface area contributed by atoms with Crippen LogP contribution in [0.4, 0.5) is 17.5 Å². The van der Waals surface area contributed by atoms with E-state index in [4.69, 9.17) is 11.6 Å². The van der Waals surface area contributed by atoms with Gasteiger partial charge in [-0.2, -0.15) is 15.1 Å². The van der Waals surface area contributed by atoms with Gasteiger partial charge < -0.3 is 15.5 Å². The summed E-state index contributed by atoms with van der Waals surface area (Å²) >= 11 is 6.10. The summed E-state index contributed by atoms with van der Waals surface area (Å²) < 4.78 is 1.76. The number of benzene rings is 1. The first-order valence-corrected chi connectivity index (χ1v) is 9.75. The maximum Gasteiger partial charge on any atom is 0.226 e. The van der Waals surface area contributed by atoms with Gasteiger partial charge in [-0.1, -0.05) is 24.1 Å². The third-order valence-corrected chi connectivity index (χ3v) is 5.07. The van der Waals surface area contributed by atoms with E-state index in [1.165, 1.54) is 32.4 Å². The molecule has 8 heteroatoms. The van der Waals surface area contributed by atoms with Crippen LogP contribution in [0.3, 0.4) is 0 Å². The van der Waals surface area contributed by atoms with Gasteiger partial charge in [0.05, 0.1) is 11.6 Å². The highest BCUT2D eigenvalue weighted by molar-refractivity contribution is 6.30. The highest BCUT2D eigenvalue weighted by Crippen LogP contribution is 2.26. The van der Waals surface area contributed by atoms with Crippen LogP contribution in [-0.4, -0.2) is 50.8 Å². The van der Waals surface area contributed by atoms with Gasteiger partial charge in [0, 0.05) is 30.8 Å². The molecule has 0 saturated carbocycles. The summed E-state index contributed by atoms with van der Waals surface area (Å²) in [5.41, 5.74) is 1.67. The Hall–Kier alpha value is -2.38. The Morgan fingerprint density at radius 1 is 1.15 bits per heavy atom. The van der Waals surface area contributed by atoms with Crippen molar-refractivity contribution in [3.63, 3.8) is 0 Å². The molecule has 4 rings (SSSR count). The van der Waals surface area contributed by atoms with Crippen LogP contribution in [0.15, 0.2) is 30.5 Å². The SMILES string of the molecule is Cn1ncc2c(Nc3cccc(Cl)c3)nc(NCCN3CCCCC3)nc21. The van der Waals surface area contributed by atoms with Crippen molar-refractivity contribution in [2.45, 2.75) is 19.3 Å². The van der Waals surface area contributed by atoms with Gasteiger partial charge in [0.15, 0.2) is 5.65 Å². The lowest BCUT2D eigenvalue weighted by molar-refractivity contribution is 0.237. The van der Waals surface area contributed by atoms with Crippen molar-refractivity contribution in [2.24, 2.45) is 7.05 Å². The predicted molar refractivity (Wildman–Crippen MR) is 110 cm³/mol. The van der Waals surface area contributed by atoms with Gasteiger partial charge in [0.2, 0.25) is 5.95 Å². The molecule has 0 spiro atoms. The molecule has 27 heavy (non-hydrogen) atoms. The zero-order valence-corrected chi connectivity index (χ0v) is 16.2. The van der Waals surface area contributed by atoms with E-state index in [2.05, 4.69) is 30.6 Å². The molecule has 2 aromatic heterocycles. The van der Waals surface area contributed by atoms with E-state index >= 15 is 0 Å². The molecule has 0 aliphatic carbocycles. The molecule has 3 heterocycles. The topological polar surface area (TPSA) is 70.9 Å². The summed E-state index contributed by atoms with van der Waals surface area (Å²) in [4.78, 5) is 11.8. The molecule has 0 unspecified atom stereocenters. The van der Waals surface area contributed by atoms with Gasteiger partial charge in [-0.15, -0.1) is 0 Å². The average molecular weight is 386 g/mol. The fourth-order valence-corrected chi connectivity index (χ4v) is 3.60. The van der Waals surface area contributed by atoms with Crippen molar-refractivity contribution in [2.75, 3.05) is 36.8 Å². The number of aryl methyl sites for hydroxylation is 1. The van der Waals surface area contributed by atoms with E-state index in [1.54, 1.807) is 10.9 Å². The van der Waals surface area contributed by atoms with Gasteiger partial charge in [-0.3, -0.25) is 4.68 Å². The molecule has 142 valence electrons. The average Bonchev–Trinajstić information content (AvgIpc) is 3.04. The molecular formula is C19H24ClN7. The Balaban J connectivity index is 1.53. The van der Waals surface area contributed by atoms with Crippen molar-refractivity contribution in [1.82, 2.24) is 24.6 Å². The van der Waals surface area contributed by atoms with E-state index in [0.29, 0.717) is 11.0 Å². The minimum Gasteiger partial charge on any atom is -0.353 e. The van der Waals surface area contributed by atoms with E-state index in [0.717, 1.165) is 35.6 Å². The van der Waals surface area contributed by atoms with Gasteiger partial charge in [0.25, 0.3) is 0 Å². The summed E-state index contributed by atoms with van der Waals surface area (Å²) in [7, 11) is 1.88. The number of hydrogen-bond acceptors (Lipinski definition) is 6. The van der Waals surface area contributed by atoms with Crippen molar-refractivity contribution in [3.05, 3.63) is 35.5 Å². The van der Waals surface area contributed by atoms with Crippen molar-refractivity contribution in [3.8, 4) is 0 Å². The number of likely N-dealkylation sites (tertiary alicyclic amines) is 1. The molecule has 0 bridgehead atoms. The maximum atomic E-state index is 6.10. The van der Waals surface area contributed by atoms with Crippen LogP contribution in [-0.2, 0) is 7.05 Å². The molecule has 1 saturated heterocycles. The predicted octanol–water partition coefficient (Wildman–Crippen LogP) is 3.66. The third-order valence-electron chi connectivity index (χ3n) is 4.84. The van der Waals surface area contributed by atoms with Crippen molar-refractivity contribution >= 4 is 40.1 Å². The molecule has 3 aromatic rings. The molecule has 1 fully saturated rings. The number of halogens is 1. The fraction of sp³-hybridized carbons (Fsp3) is 0.421. The lowest BCUT2D eigenvalue weighted by Crippen LogP contribution is -2.33. The summed E-state index contributed by atoms with van der Waals surface area (Å²) in [6.45, 7) is 4.19. The van der Waals surface area contributed by atoms with Gasteiger partial charge in [0.1, 0.15) is 5.82 Å². The number of piperidine rings is 1. The Bertz CT molecular complexity index is 918. The van der Waals surface area contributed by atoms with E-state index in [-0.39, 0.29) is 0 Å². The smallest absolute Gasteiger partial charge is 0.226 e. The first-order valence-electron chi connectivity index (χ1n) is 9.37. The molecule has 1 aromatic carbocycles. The van der Waals surface area contributed by atoms with Gasteiger partial charge in [-0.05, 0) is 44.1 Å². The molecule has 7 nitrogen and oxygen atoms in total. The van der Waals surface area contributed by atoms with Gasteiger partial charge in [-0.25, -0.2) is 0 Å². The minimum absolute atomic E-state index is 0.604. The Kier molecular flexibility index (Phi) is 5.40. The zero-order valence-electron chi connectivity index (χ0n) is 15.5. The first-order chi connectivity index (χ1) is 13.2. The van der Waals surface area contributed by atoms with Crippen LogP contribution in [0.5, 0.6) is 0 Å². The fourth-order valence-electron chi connectivity index (χ4n) is 3.41. The summed E-state index contributed by atoms with van der Waals surface area (Å²) in [6.07, 6.45) is 5.72. The van der Waals surface area contributed by atoms with Gasteiger partial charge >= 0.3 is 0 Å². The number of anilines is 3. The largest absolute Gasteiger partial charge is 0.353 e. The Morgan fingerprint density at radius 2 is 2.00 bits per heavy atom. The Labute approximate surface area is 163 Å². The Morgan fingerprint density at radius 3 is 2.81 bits per heavy atom. The van der Waals surface area contributed by atoms with E-state index in [9.17, 15) is 0 Å². The number of nitrogens with zero attached hydrogens (tertiary/aromatic N) is 5. The number of hydrogen-bond donors (Lipinski definition) is 2. The van der Waals surface area contributed by atoms with Crippen molar-refractivity contribution < 1.29 is 0 Å². The lowest BCUT2D eigenvalue weighted by atomic mass is 10.1. The standard InChI is InChI=1S/C19H24ClN7/c1-26-18-16(13-22-26)17(23-15-7-5-6-14(20)12-15)24-19(25-18)21-8-11-27-9-3-2-4-10-27/h5-7,12-13H,2-4,8-11H2,1H3,(H2,21,23,24,25). The number of aromatic nitrogens is 4. The molecule has 0 atom stereocenters. The molecular weight excluding hydrogens is 362 g/mol. The van der Waals surface area contributed by atoms with Crippen LogP contribution >= 0.6 is 11.6 Å². The second kappa shape index (κ2) is 8.10. The lowest BCUT2D eigenvalue weighted by Gasteiger charge is -2.26. The molecule has 1 aliphatic rings. The second-order valence-corrected chi connectivity index (χ2v) is 7.30. The first kappa shape index (κ1) is 18.0. The molecule has 0 amide bonds. The van der Waals surface area contributed by atoms with E-state index < -0.39 is 0 Å². The second-order valence-electron chi connectivity index (χ2n) is 6.87. The number of nitrogens with one attached hydrogen (secondary N) is 2. The quantitative estimate of drug-likeness (QED) is 0.674. The van der Waals surface area contributed by atoms with Crippen LogP contribution in [0.25, 0.3) is 11.0 Å². The zero-order chi connectivity index (χ0) is 18.6. The van der Waals surface area contributed by atoms with Crippen LogP contribution in [0.1, 0.15) is 19.3 Å². The third kappa shape index (κ3) is 4.31. The summed E-state index contributed by atoms with van der Waals surface area (Å²) in [5.74, 6) is 1.32. The van der Waals surface area contributed by atoms with Crippen molar-refractivity contribution in [1.29, 1.82) is 0 Å². The highest BCUT2D eigenvalue weighted by atomic mass is 35.5. The molecule has 2 N–H and O–H groups in total. The van der Waals surface area contributed by atoms with Crippen LogP contribution < -0.4 is 10.6 Å². The maximum absolute atomic E-state index is 6.10. The van der Waals surface area contributed by atoms with Crippen LogP contribution in [0.2, 0.25) is 5.02 Å². The normalized spacial score (nSPS) is 15.2. The number of rotatable bonds is 6. The van der Waals surface area contributed by atoms with E-state index in [1.807, 2.05) is 31.3 Å². The monoisotopic (exact) mass is 385 g/mol. The minimum atomic E-state index is 0.604.